The number of rotatable bonds is 1. The topological polar surface area (TPSA) is 32.7 Å². The van der Waals surface area contributed by atoms with Crippen molar-refractivity contribution < 1.29 is 4.79 Å². The van der Waals surface area contributed by atoms with Gasteiger partial charge < -0.3 is 4.90 Å². The Labute approximate surface area is 169 Å². The van der Waals surface area contributed by atoms with Gasteiger partial charge in [0.15, 0.2) is 0 Å². The van der Waals surface area contributed by atoms with Crippen LogP contribution in [0.15, 0.2) is 35.3 Å². The fraction of sp³-hybridized carbons (Fsp3) is 0.680. The zero-order valence-electron chi connectivity index (χ0n) is 17.7. The normalized spacial score (nSPS) is 44.2. The van der Waals surface area contributed by atoms with E-state index in [9.17, 15) is 4.79 Å². The lowest BCUT2D eigenvalue weighted by Gasteiger charge is -2.61. The molecule has 0 aromatic heterocycles. The fourth-order valence-electron chi connectivity index (χ4n) is 7.78. The second kappa shape index (κ2) is 6.43. The van der Waals surface area contributed by atoms with E-state index in [-0.39, 0.29) is 5.41 Å². The molecule has 1 aromatic carbocycles. The first kappa shape index (κ1) is 18.4. The molecule has 0 N–H and O–H groups in total. The Balaban J connectivity index is 1.44. The molecule has 1 saturated heterocycles. The molecule has 3 saturated carbocycles. The van der Waals surface area contributed by atoms with Crippen LogP contribution in [0, 0.1) is 28.6 Å². The third kappa shape index (κ3) is 2.54. The van der Waals surface area contributed by atoms with Gasteiger partial charge in [-0.25, -0.2) is 0 Å². The molecule has 3 aliphatic carbocycles. The summed E-state index contributed by atoms with van der Waals surface area (Å²) in [5.41, 5.74) is 3.15. The summed E-state index contributed by atoms with van der Waals surface area (Å²) in [7, 11) is 2.05. The number of amides is 1. The highest BCUT2D eigenvalue weighted by Gasteiger charge is 2.60. The summed E-state index contributed by atoms with van der Waals surface area (Å²) in [6, 6.07) is 11.0. The van der Waals surface area contributed by atoms with Gasteiger partial charge in [0.25, 0.3) is 0 Å². The smallest absolute Gasteiger partial charge is 0.222 e. The first-order valence-corrected chi connectivity index (χ1v) is 11.3. The van der Waals surface area contributed by atoms with Gasteiger partial charge >= 0.3 is 0 Å². The Hall–Kier alpha value is -1.64. The standard InChI is InChI=1S/C25H34N2O/c1-24-15-13-20-18(9-12-22-25(20,2)16-14-23(28)27(22)3)19(24)10-11-21(24)26-17-7-5-4-6-8-17/h4-8,18-20,22H,9-16H2,1-3H3/t18-,19-,20-,22+,24-,25+/m0/s1. The molecule has 0 spiro atoms. The zero-order valence-corrected chi connectivity index (χ0v) is 17.7. The van der Waals surface area contributed by atoms with Crippen molar-refractivity contribution in [2.24, 2.45) is 33.6 Å². The molecular formula is C25H34N2O. The summed E-state index contributed by atoms with van der Waals surface area (Å²) in [6.45, 7) is 5.02. The van der Waals surface area contributed by atoms with Crippen LogP contribution in [0.1, 0.15) is 65.2 Å². The Morgan fingerprint density at radius 1 is 0.964 bits per heavy atom. The van der Waals surface area contributed by atoms with Gasteiger partial charge in [-0.1, -0.05) is 32.0 Å². The molecule has 150 valence electrons. The predicted octanol–water partition coefficient (Wildman–Crippen LogP) is 5.62. The van der Waals surface area contributed by atoms with Crippen molar-refractivity contribution in [2.75, 3.05) is 7.05 Å². The molecule has 4 fully saturated rings. The van der Waals surface area contributed by atoms with Crippen LogP contribution < -0.4 is 0 Å². The van der Waals surface area contributed by atoms with Crippen LogP contribution in [-0.4, -0.2) is 29.6 Å². The van der Waals surface area contributed by atoms with Gasteiger partial charge in [-0.3, -0.25) is 9.79 Å². The van der Waals surface area contributed by atoms with Crippen LogP contribution in [0.5, 0.6) is 0 Å². The van der Waals surface area contributed by atoms with Crippen molar-refractivity contribution >= 4 is 17.3 Å². The summed E-state index contributed by atoms with van der Waals surface area (Å²) >= 11 is 0. The monoisotopic (exact) mass is 378 g/mol. The van der Waals surface area contributed by atoms with E-state index in [2.05, 4.69) is 56.1 Å². The van der Waals surface area contributed by atoms with Crippen molar-refractivity contribution in [3.8, 4) is 0 Å². The summed E-state index contributed by atoms with van der Waals surface area (Å²) < 4.78 is 0. The van der Waals surface area contributed by atoms with E-state index in [0.29, 0.717) is 17.4 Å². The molecule has 6 atom stereocenters. The number of likely N-dealkylation sites (tertiary alicyclic amines) is 1. The molecule has 1 heterocycles. The van der Waals surface area contributed by atoms with Gasteiger partial charge in [0.05, 0.1) is 5.69 Å². The molecule has 0 bridgehead atoms. The maximum Gasteiger partial charge on any atom is 0.222 e. The minimum absolute atomic E-state index is 0.274. The van der Waals surface area contributed by atoms with Crippen LogP contribution >= 0.6 is 0 Å². The van der Waals surface area contributed by atoms with Crippen molar-refractivity contribution in [3.63, 3.8) is 0 Å². The molecule has 4 aliphatic rings. The number of nitrogens with zero attached hydrogens (tertiary/aromatic N) is 2. The highest BCUT2D eigenvalue weighted by atomic mass is 16.2. The van der Waals surface area contributed by atoms with Gasteiger partial charge in [0, 0.05) is 30.6 Å². The lowest BCUT2D eigenvalue weighted by Crippen LogP contribution is -2.61. The Morgan fingerprint density at radius 2 is 1.75 bits per heavy atom. The first-order chi connectivity index (χ1) is 13.4. The Bertz CT molecular complexity index is 802. The van der Waals surface area contributed by atoms with E-state index in [1.807, 2.05) is 0 Å². The molecule has 28 heavy (non-hydrogen) atoms. The van der Waals surface area contributed by atoms with Crippen molar-refractivity contribution in [2.45, 2.75) is 71.3 Å². The number of carbonyl (C=O) groups excluding carboxylic acids is 1. The molecule has 0 unspecified atom stereocenters. The van der Waals surface area contributed by atoms with Crippen LogP contribution in [0.4, 0.5) is 5.69 Å². The summed E-state index contributed by atoms with van der Waals surface area (Å²) in [4.78, 5) is 19.5. The summed E-state index contributed by atoms with van der Waals surface area (Å²) in [5, 5.41) is 0. The number of fused-ring (bicyclic) bond motifs is 5. The highest BCUT2D eigenvalue weighted by Crippen LogP contribution is 2.64. The number of carbonyl (C=O) groups is 1. The molecule has 5 rings (SSSR count). The number of aliphatic imine (C=N–C) groups is 1. The minimum Gasteiger partial charge on any atom is -0.342 e. The van der Waals surface area contributed by atoms with E-state index in [1.54, 1.807) is 0 Å². The molecule has 1 aliphatic heterocycles. The second-order valence-corrected chi connectivity index (χ2v) is 10.4. The van der Waals surface area contributed by atoms with Gasteiger partial charge in [-0.05, 0) is 80.2 Å². The number of benzene rings is 1. The lowest BCUT2D eigenvalue weighted by atomic mass is 9.47. The average molecular weight is 379 g/mol. The largest absolute Gasteiger partial charge is 0.342 e. The maximum atomic E-state index is 12.3. The number of para-hydroxylation sites is 1. The lowest BCUT2D eigenvalue weighted by molar-refractivity contribution is -0.155. The number of hydrogen-bond donors (Lipinski definition) is 0. The van der Waals surface area contributed by atoms with Crippen LogP contribution in [0.2, 0.25) is 0 Å². The molecular weight excluding hydrogens is 344 g/mol. The van der Waals surface area contributed by atoms with E-state index in [4.69, 9.17) is 4.99 Å². The van der Waals surface area contributed by atoms with Crippen LogP contribution in [0.25, 0.3) is 0 Å². The predicted molar refractivity (Wildman–Crippen MR) is 114 cm³/mol. The van der Waals surface area contributed by atoms with Crippen molar-refractivity contribution in [1.29, 1.82) is 0 Å². The molecule has 1 amide bonds. The maximum absolute atomic E-state index is 12.3. The van der Waals surface area contributed by atoms with E-state index in [1.165, 1.54) is 37.8 Å². The molecule has 1 aromatic rings. The Kier molecular flexibility index (Phi) is 4.23. The minimum atomic E-state index is 0.274. The SMILES string of the molecule is CN1C(=O)CC[C@]2(C)[C@H]3CC[C@]4(C)C(=Nc5ccccc5)CC[C@H]4[C@@H]3CC[C@@H]12. The summed E-state index contributed by atoms with van der Waals surface area (Å²) in [5.74, 6) is 2.72. The first-order valence-electron chi connectivity index (χ1n) is 11.3. The van der Waals surface area contributed by atoms with Gasteiger partial charge in [-0.2, -0.15) is 0 Å². The Morgan fingerprint density at radius 3 is 2.54 bits per heavy atom. The van der Waals surface area contributed by atoms with Crippen molar-refractivity contribution in [3.05, 3.63) is 30.3 Å². The van der Waals surface area contributed by atoms with Gasteiger partial charge in [0.2, 0.25) is 5.91 Å². The fourth-order valence-corrected chi connectivity index (χ4v) is 7.78. The van der Waals surface area contributed by atoms with E-state index < -0.39 is 0 Å². The average Bonchev–Trinajstić information content (AvgIpc) is 3.02. The molecule has 0 radical (unpaired) electrons. The zero-order chi connectivity index (χ0) is 19.5. The number of piperidine rings is 1. The van der Waals surface area contributed by atoms with Crippen LogP contribution in [-0.2, 0) is 4.79 Å². The van der Waals surface area contributed by atoms with Gasteiger partial charge in [0.1, 0.15) is 0 Å². The molecule has 3 nitrogen and oxygen atoms in total. The third-order valence-corrected chi connectivity index (χ3v) is 9.32. The third-order valence-electron chi connectivity index (χ3n) is 9.32. The quantitative estimate of drug-likeness (QED) is 0.624. The van der Waals surface area contributed by atoms with Gasteiger partial charge in [-0.15, -0.1) is 0 Å². The number of hydrogen-bond acceptors (Lipinski definition) is 2. The van der Waals surface area contributed by atoms with E-state index in [0.717, 1.165) is 42.7 Å². The molecule has 3 heteroatoms. The second-order valence-electron chi connectivity index (χ2n) is 10.4. The van der Waals surface area contributed by atoms with E-state index >= 15 is 0 Å². The van der Waals surface area contributed by atoms with Crippen molar-refractivity contribution in [1.82, 2.24) is 4.90 Å². The highest BCUT2D eigenvalue weighted by molar-refractivity contribution is 5.94. The van der Waals surface area contributed by atoms with Crippen LogP contribution in [0.3, 0.4) is 0 Å². The summed E-state index contributed by atoms with van der Waals surface area (Å²) in [6.07, 6.45) is 9.37.